The molecule has 104 valence electrons. The maximum atomic E-state index is 13.2. The van der Waals surface area contributed by atoms with Crippen LogP contribution in [0.1, 0.15) is 6.92 Å². The van der Waals surface area contributed by atoms with Gasteiger partial charge in [0.1, 0.15) is 11.6 Å². The van der Waals surface area contributed by atoms with Crippen LogP contribution < -0.4 is 4.90 Å². The van der Waals surface area contributed by atoms with Crippen molar-refractivity contribution in [1.82, 2.24) is 0 Å². The van der Waals surface area contributed by atoms with Gasteiger partial charge in [-0.05, 0) is 12.1 Å². The Morgan fingerprint density at radius 1 is 1.16 bits per heavy atom. The summed E-state index contributed by atoms with van der Waals surface area (Å²) in [5, 5.41) is 0. The molecule has 0 saturated heterocycles. The number of benzene rings is 1. The molecule has 0 heterocycles. The van der Waals surface area contributed by atoms with Gasteiger partial charge in [-0.25, -0.2) is 13.6 Å². The fourth-order valence-electron chi connectivity index (χ4n) is 1.57. The van der Waals surface area contributed by atoms with Crippen LogP contribution in [0.3, 0.4) is 0 Å². The Hall–Kier alpha value is -2.02. The molecule has 19 heavy (non-hydrogen) atoms. The number of amides is 1. The number of carbonyl (C=O) groups is 2. The minimum absolute atomic E-state index is 0.137. The molecule has 0 unspecified atom stereocenters. The molecule has 1 atom stereocenters. The molecule has 0 aromatic heterocycles. The lowest BCUT2D eigenvalue weighted by Crippen LogP contribution is -2.46. The Bertz CT molecular complexity index is 472. The van der Waals surface area contributed by atoms with E-state index in [0.717, 1.165) is 31.1 Å². The molecular weight excluding hydrogens is 260 g/mol. The summed E-state index contributed by atoms with van der Waals surface area (Å²) in [6, 6.07) is 2.49. The number of hydrogen-bond donors (Lipinski definition) is 0. The molecule has 0 saturated carbocycles. The lowest BCUT2D eigenvalue weighted by molar-refractivity contribution is -0.153. The van der Waals surface area contributed by atoms with Crippen molar-refractivity contribution < 1.29 is 27.8 Å². The summed E-state index contributed by atoms with van der Waals surface area (Å²) in [5.74, 6) is -3.23. The fourth-order valence-corrected chi connectivity index (χ4v) is 1.57. The van der Waals surface area contributed by atoms with Gasteiger partial charge in [0, 0.05) is 20.1 Å². The molecule has 0 aliphatic heterocycles. The number of anilines is 1. The maximum absolute atomic E-state index is 13.2. The number of methoxy groups -OCH3 is 2. The number of rotatable bonds is 4. The van der Waals surface area contributed by atoms with Gasteiger partial charge in [0.15, 0.2) is 0 Å². The first-order valence-electron chi connectivity index (χ1n) is 5.27. The quantitative estimate of drug-likeness (QED) is 0.615. The standard InChI is InChI=1S/C12H13F2NO4/c1-7(16)15(11(18-2)12(17)19-3)10-5-8(13)4-9(14)6-10/h4-6,11H,1-3H3/t11-/m1/s1. The Kier molecular flexibility index (Phi) is 4.94. The van der Waals surface area contributed by atoms with E-state index >= 15 is 0 Å². The van der Waals surface area contributed by atoms with Crippen molar-refractivity contribution in [3.05, 3.63) is 29.8 Å². The molecule has 1 aromatic carbocycles. The van der Waals surface area contributed by atoms with Crippen LogP contribution in [-0.2, 0) is 19.1 Å². The molecular formula is C12H13F2NO4. The molecule has 0 aliphatic carbocycles. The van der Waals surface area contributed by atoms with Crippen molar-refractivity contribution >= 4 is 17.6 Å². The normalized spacial score (nSPS) is 11.8. The molecule has 7 heteroatoms. The van der Waals surface area contributed by atoms with E-state index in [9.17, 15) is 18.4 Å². The van der Waals surface area contributed by atoms with Crippen LogP contribution in [0, 0.1) is 11.6 Å². The van der Waals surface area contributed by atoms with Gasteiger partial charge in [-0.2, -0.15) is 0 Å². The SMILES string of the molecule is COC(=O)[C@@H](OC)N(C(C)=O)c1cc(F)cc(F)c1. The second-order valence-corrected chi connectivity index (χ2v) is 3.63. The fraction of sp³-hybridized carbons (Fsp3) is 0.333. The molecule has 1 amide bonds. The van der Waals surface area contributed by atoms with Gasteiger partial charge in [-0.3, -0.25) is 9.69 Å². The smallest absolute Gasteiger partial charge is 0.356 e. The predicted molar refractivity (Wildman–Crippen MR) is 62.3 cm³/mol. The molecule has 0 aliphatic rings. The van der Waals surface area contributed by atoms with E-state index in [-0.39, 0.29) is 5.69 Å². The average Bonchev–Trinajstić information content (AvgIpc) is 2.32. The Balaban J connectivity index is 3.26. The first-order valence-corrected chi connectivity index (χ1v) is 5.27. The van der Waals surface area contributed by atoms with Crippen molar-refractivity contribution in [1.29, 1.82) is 0 Å². The van der Waals surface area contributed by atoms with Crippen LogP contribution in [0.4, 0.5) is 14.5 Å². The summed E-state index contributed by atoms with van der Waals surface area (Å²) in [4.78, 5) is 23.9. The molecule has 0 radical (unpaired) electrons. The number of nitrogens with zero attached hydrogens (tertiary/aromatic N) is 1. The van der Waals surface area contributed by atoms with Gasteiger partial charge >= 0.3 is 5.97 Å². The van der Waals surface area contributed by atoms with Crippen LogP contribution in [0.25, 0.3) is 0 Å². The first kappa shape index (κ1) is 15.0. The zero-order valence-electron chi connectivity index (χ0n) is 10.6. The molecule has 0 N–H and O–H groups in total. The van der Waals surface area contributed by atoms with Gasteiger partial charge in [-0.1, -0.05) is 0 Å². The summed E-state index contributed by atoms with van der Waals surface area (Å²) < 4.78 is 35.7. The zero-order chi connectivity index (χ0) is 14.6. The summed E-state index contributed by atoms with van der Waals surface area (Å²) in [6.07, 6.45) is -1.41. The van der Waals surface area contributed by atoms with E-state index in [1.54, 1.807) is 0 Å². The second kappa shape index (κ2) is 6.24. The number of ether oxygens (including phenoxy) is 2. The third-order valence-electron chi connectivity index (χ3n) is 2.33. The van der Waals surface area contributed by atoms with Crippen molar-refractivity contribution in [3.63, 3.8) is 0 Å². The first-order chi connectivity index (χ1) is 8.90. The third kappa shape index (κ3) is 3.47. The Labute approximate surface area is 108 Å². The highest BCUT2D eigenvalue weighted by Crippen LogP contribution is 2.21. The zero-order valence-corrected chi connectivity index (χ0v) is 10.6. The van der Waals surface area contributed by atoms with Gasteiger partial charge in [0.05, 0.1) is 12.8 Å². The second-order valence-electron chi connectivity index (χ2n) is 3.63. The van der Waals surface area contributed by atoms with Crippen molar-refractivity contribution in [2.45, 2.75) is 13.2 Å². The maximum Gasteiger partial charge on any atom is 0.356 e. The Morgan fingerprint density at radius 3 is 2.05 bits per heavy atom. The van der Waals surface area contributed by atoms with Crippen molar-refractivity contribution in [2.24, 2.45) is 0 Å². The minimum atomic E-state index is -1.41. The van der Waals surface area contributed by atoms with Gasteiger partial charge in [0.2, 0.25) is 12.1 Å². The Morgan fingerprint density at radius 2 is 1.68 bits per heavy atom. The van der Waals surface area contributed by atoms with Crippen LogP contribution in [0.15, 0.2) is 18.2 Å². The molecule has 0 spiro atoms. The van der Waals surface area contributed by atoms with Gasteiger partial charge < -0.3 is 9.47 Å². The number of carbonyl (C=O) groups excluding carboxylic acids is 2. The van der Waals surface area contributed by atoms with E-state index in [1.807, 2.05) is 0 Å². The van der Waals surface area contributed by atoms with Crippen molar-refractivity contribution in [3.8, 4) is 0 Å². The number of halogens is 2. The molecule has 0 fully saturated rings. The number of hydrogen-bond acceptors (Lipinski definition) is 4. The van der Waals surface area contributed by atoms with Crippen LogP contribution in [0.2, 0.25) is 0 Å². The molecule has 1 rings (SSSR count). The molecule has 5 nitrogen and oxygen atoms in total. The highest BCUT2D eigenvalue weighted by atomic mass is 19.1. The summed E-state index contributed by atoms with van der Waals surface area (Å²) in [7, 11) is 2.28. The largest absolute Gasteiger partial charge is 0.466 e. The molecule has 1 aromatic rings. The van der Waals surface area contributed by atoms with E-state index in [4.69, 9.17) is 4.74 Å². The third-order valence-corrected chi connectivity index (χ3v) is 2.33. The number of esters is 1. The topological polar surface area (TPSA) is 55.8 Å². The van der Waals surface area contributed by atoms with E-state index in [0.29, 0.717) is 6.07 Å². The highest BCUT2D eigenvalue weighted by Gasteiger charge is 2.30. The molecule has 0 bridgehead atoms. The van der Waals surface area contributed by atoms with Crippen molar-refractivity contribution in [2.75, 3.05) is 19.1 Å². The highest BCUT2D eigenvalue weighted by molar-refractivity contribution is 5.97. The van der Waals surface area contributed by atoms with E-state index in [1.165, 1.54) is 7.11 Å². The summed E-state index contributed by atoms with van der Waals surface area (Å²) in [6.45, 7) is 1.14. The van der Waals surface area contributed by atoms with Gasteiger partial charge in [0.25, 0.3) is 0 Å². The minimum Gasteiger partial charge on any atom is -0.466 e. The summed E-state index contributed by atoms with van der Waals surface area (Å²) in [5.41, 5.74) is -0.137. The van der Waals surface area contributed by atoms with Gasteiger partial charge in [-0.15, -0.1) is 0 Å². The summed E-state index contributed by atoms with van der Waals surface area (Å²) >= 11 is 0. The lowest BCUT2D eigenvalue weighted by Gasteiger charge is -2.27. The van der Waals surface area contributed by atoms with E-state index in [2.05, 4.69) is 4.74 Å². The van der Waals surface area contributed by atoms with Crippen LogP contribution >= 0.6 is 0 Å². The monoisotopic (exact) mass is 273 g/mol. The van der Waals surface area contributed by atoms with E-state index < -0.39 is 29.7 Å². The predicted octanol–water partition coefficient (Wildman–Crippen LogP) is 1.46. The lowest BCUT2D eigenvalue weighted by atomic mass is 10.2. The van der Waals surface area contributed by atoms with Crippen LogP contribution in [-0.4, -0.2) is 32.3 Å². The average molecular weight is 273 g/mol. The van der Waals surface area contributed by atoms with Crippen LogP contribution in [0.5, 0.6) is 0 Å².